The van der Waals surface area contributed by atoms with Crippen LogP contribution in [0.3, 0.4) is 0 Å². The van der Waals surface area contributed by atoms with Crippen molar-refractivity contribution in [2.24, 2.45) is 10.5 Å². The van der Waals surface area contributed by atoms with E-state index in [9.17, 15) is 4.79 Å². The third kappa shape index (κ3) is 2.76. The molecular weight excluding hydrogens is 232 g/mol. The van der Waals surface area contributed by atoms with Gasteiger partial charge in [0.2, 0.25) is 0 Å². The van der Waals surface area contributed by atoms with Gasteiger partial charge in [0.05, 0.1) is 7.11 Å². The van der Waals surface area contributed by atoms with Crippen molar-refractivity contribution in [2.75, 3.05) is 20.2 Å². The number of methoxy groups -OCH3 is 1. The average molecular weight is 254 g/mol. The normalized spacial score (nSPS) is 26.2. The van der Waals surface area contributed by atoms with E-state index < -0.39 is 5.54 Å². The molecule has 0 saturated heterocycles. The summed E-state index contributed by atoms with van der Waals surface area (Å²) in [6.07, 6.45) is 3.89. The van der Waals surface area contributed by atoms with Crippen LogP contribution in [-0.2, 0) is 9.53 Å². The number of esters is 1. The molecule has 0 radical (unpaired) electrons. The van der Waals surface area contributed by atoms with E-state index in [0.717, 1.165) is 25.7 Å². The highest BCUT2D eigenvalue weighted by Gasteiger charge is 2.52. The monoisotopic (exact) mass is 254 g/mol. The van der Waals surface area contributed by atoms with Crippen LogP contribution in [0.5, 0.6) is 0 Å². The number of carbonyl (C=O) groups excluding carboxylic acids is 1. The topological polar surface area (TPSA) is 87.1 Å². The van der Waals surface area contributed by atoms with Crippen molar-refractivity contribution in [3.63, 3.8) is 0 Å². The van der Waals surface area contributed by atoms with Gasteiger partial charge < -0.3 is 10.1 Å². The Morgan fingerprint density at radius 2 is 2.11 bits per heavy atom. The first-order valence-corrected chi connectivity index (χ1v) is 6.34. The van der Waals surface area contributed by atoms with Crippen LogP contribution >= 0.6 is 0 Å². The number of carbonyl (C=O) groups is 1. The highest BCUT2D eigenvalue weighted by atomic mass is 16.5. The molecule has 1 N–H and O–H groups in total. The minimum Gasteiger partial charge on any atom is -0.468 e. The summed E-state index contributed by atoms with van der Waals surface area (Å²) in [5, 5.41) is 6.76. The SMILES string of the molecule is COC(=O)C1(NCCN=[N+]=[N-])CCCCC1(C)C. The Bertz CT molecular complexity index is 350. The minimum atomic E-state index is -0.662. The molecule has 0 amide bonds. The molecule has 1 aliphatic carbocycles. The predicted octanol–water partition coefficient (Wildman–Crippen LogP) is 2.40. The molecule has 102 valence electrons. The highest BCUT2D eigenvalue weighted by molar-refractivity contribution is 5.82. The van der Waals surface area contributed by atoms with Crippen molar-refractivity contribution in [2.45, 2.75) is 45.1 Å². The molecule has 18 heavy (non-hydrogen) atoms. The van der Waals surface area contributed by atoms with E-state index in [1.807, 2.05) is 0 Å². The first-order valence-electron chi connectivity index (χ1n) is 6.34. The van der Waals surface area contributed by atoms with Crippen LogP contribution in [0, 0.1) is 5.41 Å². The smallest absolute Gasteiger partial charge is 0.326 e. The summed E-state index contributed by atoms with van der Waals surface area (Å²) in [7, 11) is 1.42. The predicted molar refractivity (Wildman–Crippen MR) is 69.0 cm³/mol. The first kappa shape index (κ1) is 14.8. The number of nitrogens with zero attached hydrogens (tertiary/aromatic N) is 3. The number of nitrogens with one attached hydrogen (secondary N) is 1. The molecule has 1 fully saturated rings. The van der Waals surface area contributed by atoms with E-state index in [4.69, 9.17) is 10.3 Å². The van der Waals surface area contributed by atoms with Gasteiger partial charge in [0.1, 0.15) is 5.54 Å². The van der Waals surface area contributed by atoms with E-state index in [-0.39, 0.29) is 11.4 Å². The lowest BCUT2D eigenvalue weighted by molar-refractivity contribution is -0.157. The molecule has 0 heterocycles. The summed E-state index contributed by atoms with van der Waals surface area (Å²) in [5.74, 6) is -0.215. The molecule has 1 atom stereocenters. The fourth-order valence-corrected chi connectivity index (χ4v) is 2.83. The van der Waals surface area contributed by atoms with Crippen LogP contribution in [0.4, 0.5) is 0 Å². The van der Waals surface area contributed by atoms with E-state index in [1.54, 1.807) is 0 Å². The number of azide groups is 1. The number of hydrogen-bond donors (Lipinski definition) is 1. The summed E-state index contributed by atoms with van der Waals surface area (Å²) in [6.45, 7) is 5.00. The second-order valence-corrected chi connectivity index (χ2v) is 5.37. The zero-order chi connectivity index (χ0) is 13.6. The zero-order valence-corrected chi connectivity index (χ0v) is 11.4. The number of ether oxygens (including phenoxy) is 1. The van der Waals surface area contributed by atoms with E-state index >= 15 is 0 Å². The molecule has 0 spiro atoms. The maximum Gasteiger partial charge on any atom is 0.326 e. The quantitative estimate of drug-likeness (QED) is 0.269. The van der Waals surface area contributed by atoms with Crippen LogP contribution in [0.25, 0.3) is 10.4 Å². The van der Waals surface area contributed by atoms with Gasteiger partial charge in [-0.25, -0.2) is 0 Å². The Morgan fingerprint density at radius 1 is 1.44 bits per heavy atom. The summed E-state index contributed by atoms with van der Waals surface area (Å²) >= 11 is 0. The Balaban J connectivity index is 2.86. The van der Waals surface area contributed by atoms with Crippen molar-refractivity contribution in [3.05, 3.63) is 10.4 Å². The van der Waals surface area contributed by atoms with Gasteiger partial charge in [0.15, 0.2) is 0 Å². The van der Waals surface area contributed by atoms with Crippen molar-refractivity contribution >= 4 is 5.97 Å². The van der Waals surface area contributed by atoms with Crippen LogP contribution in [-0.4, -0.2) is 31.7 Å². The van der Waals surface area contributed by atoms with E-state index in [0.29, 0.717) is 13.1 Å². The van der Waals surface area contributed by atoms with Gasteiger partial charge in [0.25, 0.3) is 0 Å². The summed E-state index contributed by atoms with van der Waals surface area (Å²) in [5.41, 5.74) is 7.44. The van der Waals surface area contributed by atoms with Gasteiger partial charge in [-0.1, -0.05) is 31.8 Å². The average Bonchev–Trinajstić information content (AvgIpc) is 2.35. The molecule has 0 aromatic rings. The lowest BCUT2D eigenvalue weighted by Gasteiger charge is -2.48. The van der Waals surface area contributed by atoms with Crippen molar-refractivity contribution < 1.29 is 9.53 Å². The van der Waals surface area contributed by atoms with Gasteiger partial charge in [-0.05, 0) is 23.8 Å². The molecule has 0 aromatic carbocycles. The van der Waals surface area contributed by atoms with Crippen LogP contribution in [0.2, 0.25) is 0 Å². The second-order valence-electron chi connectivity index (χ2n) is 5.37. The molecule has 0 bridgehead atoms. The van der Waals surface area contributed by atoms with Gasteiger partial charge in [-0.3, -0.25) is 4.79 Å². The first-order chi connectivity index (χ1) is 8.50. The largest absolute Gasteiger partial charge is 0.468 e. The fraction of sp³-hybridized carbons (Fsp3) is 0.917. The van der Waals surface area contributed by atoms with E-state index in [2.05, 4.69) is 29.2 Å². The van der Waals surface area contributed by atoms with Gasteiger partial charge in [0, 0.05) is 18.0 Å². The molecule has 6 heteroatoms. The van der Waals surface area contributed by atoms with Crippen molar-refractivity contribution in [1.29, 1.82) is 0 Å². The number of hydrogen-bond acceptors (Lipinski definition) is 4. The highest BCUT2D eigenvalue weighted by Crippen LogP contribution is 2.44. The molecule has 0 aromatic heterocycles. The van der Waals surface area contributed by atoms with E-state index in [1.165, 1.54) is 7.11 Å². The Hall–Kier alpha value is -1.26. The molecule has 1 aliphatic rings. The molecule has 1 saturated carbocycles. The lowest BCUT2D eigenvalue weighted by atomic mass is 9.63. The standard InChI is InChI=1S/C12H22N4O2/c1-11(2)6-4-5-7-12(11,10(17)18-3)14-8-9-15-16-13/h14H,4-9H2,1-3H3. The van der Waals surface area contributed by atoms with Crippen molar-refractivity contribution in [3.8, 4) is 0 Å². The molecular formula is C12H22N4O2. The van der Waals surface area contributed by atoms with Crippen molar-refractivity contribution in [1.82, 2.24) is 5.32 Å². The molecule has 6 nitrogen and oxygen atoms in total. The third-order valence-corrected chi connectivity index (χ3v) is 3.99. The van der Waals surface area contributed by atoms with Crippen LogP contribution in [0.1, 0.15) is 39.5 Å². The van der Waals surface area contributed by atoms with Gasteiger partial charge in [-0.2, -0.15) is 0 Å². The molecule has 1 unspecified atom stereocenters. The van der Waals surface area contributed by atoms with Gasteiger partial charge in [-0.15, -0.1) is 0 Å². The molecule has 0 aliphatic heterocycles. The minimum absolute atomic E-state index is 0.158. The zero-order valence-electron chi connectivity index (χ0n) is 11.4. The maximum absolute atomic E-state index is 12.2. The number of rotatable bonds is 5. The summed E-state index contributed by atoms with van der Waals surface area (Å²) in [4.78, 5) is 14.9. The third-order valence-electron chi connectivity index (χ3n) is 3.99. The molecule has 1 rings (SSSR count). The fourth-order valence-electron chi connectivity index (χ4n) is 2.83. The maximum atomic E-state index is 12.2. The van der Waals surface area contributed by atoms with Crippen LogP contribution < -0.4 is 5.32 Å². The summed E-state index contributed by atoms with van der Waals surface area (Å²) < 4.78 is 4.98. The Morgan fingerprint density at radius 3 is 2.67 bits per heavy atom. The van der Waals surface area contributed by atoms with Crippen LogP contribution in [0.15, 0.2) is 5.11 Å². The Kier molecular flexibility index (Phi) is 4.99. The van der Waals surface area contributed by atoms with Gasteiger partial charge >= 0.3 is 5.97 Å². The second kappa shape index (κ2) is 6.07. The lowest BCUT2D eigenvalue weighted by Crippen LogP contribution is -2.63. The summed E-state index contributed by atoms with van der Waals surface area (Å²) in [6, 6.07) is 0. The Labute approximate surface area is 108 Å².